The van der Waals surface area contributed by atoms with E-state index in [9.17, 15) is 32.7 Å². The first-order valence-electron chi connectivity index (χ1n) is 11.9. The highest BCUT2D eigenvalue weighted by atomic mass is 19.4. The molecule has 1 aromatic heterocycles. The van der Waals surface area contributed by atoms with Crippen molar-refractivity contribution in [2.24, 2.45) is 0 Å². The highest BCUT2D eigenvalue weighted by Crippen LogP contribution is 2.30. The summed E-state index contributed by atoms with van der Waals surface area (Å²) >= 11 is 0. The SMILES string of the molecule is CC(C)(C)N(C(=O)O)[C@H](CCC(=O)NNC(=O)c1ccc2cnccc2c1)Cc1ccc(C(F)(F)F)cc1. The van der Waals surface area contributed by atoms with Crippen molar-refractivity contribution < 1.29 is 32.7 Å². The molecule has 0 aliphatic rings. The Balaban J connectivity index is 1.66. The number of pyridine rings is 1. The average Bonchev–Trinajstić information content (AvgIpc) is 2.84. The fraction of sp³-hybridized carbons (Fsp3) is 0.333. The highest BCUT2D eigenvalue weighted by Gasteiger charge is 2.34. The lowest BCUT2D eigenvalue weighted by molar-refractivity contribution is -0.137. The van der Waals surface area contributed by atoms with Gasteiger partial charge in [-0.15, -0.1) is 0 Å². The Morgan fingerprint density at radius 1 is 0.974 bits per heavy atom. The zero-order valence-electron chi connectivity index (χ0n) is 21.2. The van der Waals surface area contributed by atoms with E-state index in [0.717, 1.165) is 22.9 Å². The molecule has 3 aromatic rings. The van der Waals surface area contributed by atoms with Gasteiger partial charge < -0.3 is 10.0 Å². The smallest absolute Gasteiger partial charge is 0.416 e. The van der Waals surface area contributed by atoms with Crippen LogP contribution in [-0.4, -0.2) is 44.5 Å². The third-order valence-electron chi connectivity index (χ3n) is 5.97. The topological polar surface area (TPSA) is 112 Å². The van der Waals surface area contributed by atoms with Crippen LogP contribution in [0.15, 0.2) is 60.9 Å². The molecule has 0 unspecified atom stereocenters. The van der Waals surface area contributed by atoms with Gasteiger partial charge in [-0.2, -0.15) is 13.2 Å². The van der Waals surface area contributed by atoms with Crippen LogP contribution in [-0.2, 0) is 17.4 Å². The summed E-state index contributed by atoms with van der Waals surface area (Å²) in [5, 5.41) is 11.5. The molecule has 202 valence electrons. The van der Waals surface area contributed by atoms with Gasteiger partial charge in [0.25, 0.3) is 5.91 Å². The van der Waals surface area contributed by atoms with Crippen molar-refractivity contribution in [2.75, 3.05) is 0 Å². The molecule has 0 bridgehead atoms. The summed E-state index contributed by atoms with van der Waals surface area (Å²) in [7, 11) is 0. The molecule has 0 saturated carbocycles. The fourth-order valence-electron chi connectivity index (χ4n) is 4.20. The van der Waals surface area contributed by atoms with Crippen LogP contribution in [0.1, 0.15) is 55.1 Å². The number of aromatic nitrogens is 1. The molecule has 3 N–H and O–H groups in total. The van der Waals surface area contributed by atoms with Crippen LogP contribution in [0.4, 0.5) is 18.0 Å². The number of nitrogens with zero attached hydrogens (tertiary/aromatic N) is 2. The van der Waals surface area contributed by atoms with Crippen LogP contribution in [0.3, 0.4) is 0 Å². The van der Waals surface area contributed by atoms with Crippen LogP contribution in [0.5, 0.6) is 0 Å². The highest BCUT2D eigenvalue weighted by molar-refractivity contribution is 5.99. The van der Waals surface area contributed by atoms with E-state index in [-0.39, 0.29) is 19.3 Å². The molecule has 0 fully saturated rings. The number of fused-ring (bicyclic) bond motifs is 1. The molecule has 1 atom stereocenters. The molecule has 38 heavy (non-hydrogen) atoms. The van der Waals surface area contributed by atoms with E-state index < -0.39 is 41.2 Å². The summed E-state index contributed by atoms with van der Waals surface area (Å²) in [4.78, 5) is 42.3. The number of amides is 3. The largest absolute Gasteiger partial charge is 0.465 e. The van der Waals surface area contributed by atoms with E-state index in [0.29, 0.717) is 11.1 Å². The third-order valence-corrected chi connectivity index (χ3v) is 5.97. The van der Waals surface area contributed by atoms with Gasteiger partial charge in [-0.25, -0.2) is 4.79 Å². The maximum Gasteiger partial charge on any atom is 0.416 e. The molecule has 3 amide bonds. The number of carbonyl (C=O) groups is 3. The number of alkyl halides is 3. The number of rotatable bonds is 7. The van der Waals surface area contributed by atoms with Crippen molar-refractivity contribution in [2.45, 2.75) is 57.8 Å². The molecule has 0 radical (unpaired) electrons. The van der Waals surface area contributed by atoms with Gasteiger partial charge in [0.1, 0.15) is 0 Å². The second kappa shape index (κ2) is 11.5. The Bertz CT molecular complexity index is 1300. The maximum absolute atomic E-state index is 12.9. The first kappa shape index (κ1) is 28.4. The Hall–Kier alpha value is -4.15. The van der Waals surface area contributed by atoms with Gasteiger partial charge >= 0.3 is 12.3 Å². The maximum atomic E-state index is 12.9. The first-order valence-corrected chi connectivity index (χ1v) is 11.9. The van der Waals surface area contributed by atoms with Crippen molar-refractivity contribution in [3.8, 4) is 0 Å². The van der Waals surface area contributed by atoms with Gasteiger partial charge in [0.05, 0.1) is 5.56 Å². The van der Waals surface area contributed by atoms with Gasteiger partial charge in [0, 0.05) is 41.3 Å². The summed E-state index contributed by atoms with van der Waals surface area (Å²) in [6.45, 7) is 5.09. The number of hydrogen-bond donors (Lipinski definition) is 3. The van der Waals surface area contributed by atoms with E-state index in [1.165, 1.54) is 17.0 Å². The van der Waals surface area contributed by atoms with Gasteiger partial charge in [0.2, 0.25) is 5.91 Å². The van der Waals surface area contributed by atoms with E-state index in [4.69, 9.17) is 0 Å². The molecule has 0 spiro atoms. The third kappa shape index (κ3) is 7.44. The second-order valence-corrected chi connectivity index (χ2v) is 9.85. The average molecular weight is 531 g/mol. The zero-order valence-corrected chi connectivity index (χ0v) is 21.2. The number of hydrazine groups is 1. The van der Waals surface area contributed by atoms with Crippen LogP contribution >= 0.6 is 0 Å². The first-order chi connectivity index (χ1) is 17.8. The normalized spacial score (nSPS) is 12.6. The predicted octanol–water partition coefficient (Wildman–Crippen LogP) is 5.18. The molecule has 2 aromatic carbocycles. The van der Waals surface area contributed by atoms with Crippen molar-refractivity contribution in [3.05, 3.63) is 77.6 Å². The molecule has 0 aliphatic carbocycles. The molecule has 11 heteroatoms. The minimum absolute atomic E-state index is 0.0786. The van der Waals surface area contributed by atoms with E-state index in [2.05, 4.69) is 15.8 Å². The summed E-state index contributed by atoms with van der Waals surface area (Å²) in [5.41, 5.74) is 3.87. The van der Waals surface area contributed by atoms with E-state index in [1.54, 1.807) is 57.4 Å². The lowest BCUT2D eigenvalue weighted by Gasteiger charge is -2.40. The zero-order chi connectivity index (χ0) is 28.1. The summed E-state index contributed by atoms with van der Waals surface area (Å²) in [5.74, 6) is -1.07. The summed E-state index contributed by atoms with van der Waals surface area (Å²) in [6.07, 6.45) is -2.38. The van der Waals surface area contributed by atoms with Crippen molar-refractivity contribution >= 4 is 28.7 Å². The molecule has 8 nitrogen and oxygen atoms in total. The minimum Gasteiger partial charge on any atom is -0.465 e. The van der Waals surface area contributed by atoms with Crippen molar-refractivity contribution in [3.63, 3.8) is 0 Å². The number of carbonyl (C=O) groups excluding carboxylic acids is 2. The number of benzene rings is 2. The Labute approximate surface area is 217 Å². The molecule has 1 heterocycles. The Kier molecular flexibility index (Phi) is 8.60. The van der Waals surface area contributed by atoms with E-state index in [1.807, 2.05) is 0 Å². The summed E-state index contributed by atoms with van der Waals surface area (Å²) < 4.78 is 38.8. The number of halogens is 3. The number of nitrogens with one attached hydrogen (secondary N) is 2. The molecule has 0 saturated heterocycles. The van der Waals surface area contributed by atoms with Crippen LogP contribution < -0.4 is 10.9 Å². The quantitative estimate of drug-likeness (QED) is 0.364. The molecular formula is C27H29F3N4O4. The standard InChI is InChI=1S/C27H29F3N4O4/c1-26(2,3)34(25(37)38)22(14-17-4-8-21(9-5-17)27(28,29)30)10-11-23(35)32-33-24(36)19-6-7-20-16-31-13-12-18(20)15-19/h4-9,12-13,15-16,22H,10-11,14H2,1-3H3,(H,32,35)(H,33,36)(H,37,38)/t22-/m1/s1. The van der Waals surface area contributed by atoms with Crippen LogP contribution in [0.2, 0.25) is 0 Å². The van der Waals surface area contributed by atoms with Gasteiger partial charge in [0.15, 0.2) is 0 Å². The lowest BCUT2D eigenvalue weighted by Crippen LogP contribution is -2.52. The number of hydrogen-bond acceptors (Lipinski definition) is 4. The monoisotopic (exact) mass is 530 g/mol. The minimum atomic E-state index is -4.48. The van der Waals surface area contributed by atoms with E-state index >= 15 is 0 Å². The Morgan fingerprint density at radius 3 is 2.26 bits per heavy atom. The molecular weight excluding hydrogens is 501 g/mol. The fourth-order valence-corrected chi connectivity index (χ4v) is 4.20. The molecule has 0 aliphatic heterocycles. The van der Waals surface area contributed by atoms with Crippen molar-refractivity contribution in [1.82, 2.24) is 20.7 Å². The van der Waals surface area contributed by atoms with Crippen molar-refractivity contribution in [1.29, 1.82) is 0 Å². The van der Waals surface area contributed by atoms with Gasteiger partial charge in [-0.1, -0.05) is 18.2 Å². The molecule has 3 rings (SSSR count). The van der Waals surface area contributed by atoms with Gasteiger partial charge in [-0.3, -0.25) is 25.4 Å². The van der Waals surface area contributed by atoms with Crippen LogP contribution in [0.25, 0.3) is 10.8 Å². The summed E-state index contributed by atoms with van der Waals surface area (Å²) in [6, 6.07) is 10.5. The second-order valence-electron chi connectivity index (χ2n) is 9.85. The van der Waals surface area contributed by atoms with Crippen LogP contribution in [0, 0.1) is 0 Å². The lowest BCUT2D eigenvalue weighted by atomic mass is 9.95. The Morgan fingerprint density at radius 2 is 1.66 bits per heavy atom. The van der Waals surface area contributed by atoms with Gasteiger partial charge in [-0.05, 0) is 74.9 Å². The number of carboxylic acid groups (broad SMARTS) is 1. The predicted molar refractivity (Wildman–Crippen MR) is 135 cm³/mol.